The number of aliphatic carboxylic acids is 1. The minimum Gasteiger partial charge on any atom is -0.481 e. The highest BCUT2D eigenvalue weighted by Crippen LogP contribution is 2.19. The molecule has 0 bridgehead atoms. The number of carbonyl (C=O) groups excluding carboxylic acids is 1. The summed E-state index contributed by atoms with van der Waals surface area (Å²) in [4.78, 5) is 24.6. The Bertz CT molecular complexity index is 610. The van der Waals surface area contributed by atoms with Crippen LogP contribution in [0.1, 0.15) is 13.3 Å². The van der Waals surface area contributed by atoms with Crippen molar-refractivity contribution in [3.8, 4) is 10.7 Å². The standard InChI is InChI=1S/C12H15N5O3S/c1-2-8(12(19)20)6-13-10(18)7-17-15-11(14-16-17)9-4-3-5-21-9/h3-5,8H,2,6-7H2,1H3,(H,13,18)(H,19,20). The summed E-state index contributed by atoms with van der Waals surface area (Å²) in [5.74, 6) is -1.38. The molecule has 2 aromatic rings. The van der Waals surface area contributed by atoms with Crippen LogP contribution < -0.4 is 5.32 Å². The highest BCUT2D eigenvalue weighted by Gasteiger charge is 2.16. The minimum absolute atomic E-state index is 0.0889. The summed E-state index contributed by atoms with van der Waals surface area (Å²) in [6.07, 6.45) is 0.458. The Morgan fingerprint density at radius 1 is 1.52 bits per heavy atom. The largest absolute Gasteiger partial charge is 0.481 e. The van der Waals surface area contributed by atoms with Crippen molar-refractivity contribution in [2.75, 3.05) is 6.54 Å². The summed E-state index contributed by atoms with van der Waals surface area (Å²) in [6.45, 7) is 1.77. The van der Waals surface area contributed by atoms with Gasteiger partial charge in [0, 0.05) is 6.54 Å². The van der Waals surface area contributed by atoms with Gasteiger partial charge in [0.2, 0.25) is 11.7 Å². The van der Waals surface area contributed by atoms with Crippen LogP contribution in [0.5, 0.6) is 0 Å². The Morgan fingerprint density at radius 3 is 2.95 bits per heavy atom. The molecule has 0 spiro atoms. The second-order valence-electron chi connectivity index (χ2n) is 4.37. The van der Waals surface area contributed by atoms with Crippen LogP contribution in [-0.2, 0) is 16.1 Å². The zero-order valence-electron chi connectivity index (χ0n) is 11.4. The van der Waals surface area contributed by atoms with Gasteiger partial charge >= 0.3 is 5.97 Å². The van der Waals surface area contributed by atoms with Crippen molar-refractivity contribution in [2.24, 2.45) is 5.92 Å². The predicted molar refractivity (Wildman–Crippen MR) is 75.6 cm³/mol. The molecular weight excluding hydrogens is 294 g/mol. The minimum atomic E-state index is -0.920. The van der Waals surface area contributed by atoms with Crippen molar-refractivity contribution in [3.05, 3.63) is 17.5 Å². The number of hydrogen-bond acceptors (Lipinski definition) is 6. The smallest absolute Gasteiger partial charge is 0.308 e. The first kappa shape index (κ1) is 15.1. The number of thiophene rings is 1. The first-order valence-electron chi connectivity index (χ1n) is 6.41. The van der Waals surface area contributed by atoms with E-state index in [-0.39, 0.29) is 19.0 Å². The van der Waals surface area contributed by atoms with Gasteiger partial charge in [-0.05, 0) is 23.1 Å². The number of rotatable bonds is 7. The third-order valence-electron chi connectivity index (χ3n) is 2.87. The van der Waals surface area contributed by atoms with Crippen molar-refractivity contribution in [1.29, 1.82) is 0 Å². The topological polar surface area (TPSA) is 110 Å². The van der Waals surface area contributed by atoms with Crippen molar-refractivity contribution in [1.82, 2.24) is 25.5 Å². The van der Waals surface area contributed by atoms with E-state index in [2.05, 4.69) is 20.7 Å². The van der Waals surface area contributed by atoms with Crippen LogP contribution in [0.4, 0.5) is 0 Å². The molecule has 1 atom stereocenters. The third kappa shape index (κ3) is 4.09. The molecule has 8 nitrogen and oxygen atoms in total. The van der Waals surface area contributed by atoms with Gasteiger partial charge < -0.3 is 10.4 Å². The monoisotopic (exact) mass is 309 g/mol. The summed E-state index contributed by atoms with van der Waals surface area (Å²) in [7, 11) is 0. The molecular formula is C12H15N5O3S. The highest BCUT2D eigenvalue weighted by atomic mass is 32.1. The van der Waals surface area contributed by atoms with E-state index in [9.17, 15) is 9.59 Å². The van der Waals surface area contributed by atoms with E-state index in [1.165, 1.54) is 16.1 Å². The van der Waals surface area contributed by atoms with Gasteiger partial charge in [-0.1, -0.05) is 13.0 Å². The molecule has 2 N–H and O–H groups in total. The summed E-state index contributed by atoms with van der Waals surface area (Å²) in [6, 6.07) is 3.75. The molecule has 0 saturated heterocycles. The van der Waals surface area contributed by atoms with Gasteiger partial charge in [0.1, 0.15) is 6.54 Å². The SMILES string of the molecule is CCC(CNC(=O)Cn1nnc(-c2cccs2)n1)C(=O)O. The van der Waals surface area contributed by atoms with Crippen LogP contribution in [0, 0.1) is 5.92 Å². The molecule has 0 radical (unpaired) electrons. The van der Waals surface area contributed by atoms with Crippen LogP contribution in [0.15, 0.2) is 17.5 Å². The van der Waals surface area contributed by atoms with E-state index < -0.39 is 11.9 Å². The number of nitrogens with one attached hydrogen (secondary N) is 1. The van der Waals surface area contributed by atoms with Gasteiger partial charge in [0.15, 0.2) is 0 Å². The molecule has 1 amide bonds. The van der Waals surface area contributed by atoms with E-state index in [0.717, 1.165) is 4.88 Å². The van der Waals surface area contributed by atoms with Crippen LogP contribution in [0.25, 0.3) is 10.7 Å². The molecule has 21 heavy (non-hydrogen) atoms. The molecule has 0 fully saturated rings. The van der Waals surface area contributed by atoms with Gasteiger partial charge in [0.05, 0.1) is 10.8 Å². The molecule has 0 saturated carbocycles. The number of nitrogens with zero attached hydrogens (tertiary/aromatic N) is 4. The van der Waals surface area contributed by atoms with Crippen LogP contribution in [0.3, 0.4) is 0 Å². The molecule has 112 valence electrons. The summed E-state index contributed by atoms with van der Waals surface area (Å²) < 4.78 is 0. The van der Waals surface area contributed by atoms with Crippen molar-refractivity contribution in [2.45, 2.75) is 19.9 Å². The lowest BCUT2D eigenvalue weighted by Crippen LogP contribution is -2.35. The maximum Gasteiger partial charge on any atom is 0.308 e. The normalized spacial score (nSPS) is 12.0. The van der Waals surface area contributed by atoms with Gasteiger partial charge in [0.25, 0.3) is 0 Å². The summed E-state index contributed by atoms with van der Waals surface area (Å²) in [5, 5.41) is 25.1. The lowest BCUT2D eigenvalue weighted by Gasteiger charge is -2.10. The van der Waals surface area contributed by atoms with E-state index in [1.807, 2.05) is 17.5 Å². The Hall–Kier alpha value is -2.29. The molecule has 0 aromatic carbocycles. The predicted octanol–water partition coefficient (Wildman–Crippen LogP) is 0.629. The summed E-state index contributed by atoms with van der Waals surface area (Å²) >= 11 is 1.48. The fraction of sp³-hybridized carbons (Fsp3) is 0.417. The molecule has 0 aliphatic heterocycles. The lowest BCUT2D eigenvalue weighted by molar-refractivity contribution is -0.141. The third-order valence-corrected chi connectivity index (χ3v) is 3.73. The quantitative estimate of drug-likeness (QED) is 0.776. The average molecular weight is 309 g/mol. The van der Waals surface area contributed by atoms with Crippen molar-refractivity contribution in [3.63, 3.8) is 0 Å². The molecule has 2 rings (SSSR count). The second kappa shape index (κ2) is 6.93. The molecule has 0 aliphatic carbocycles. The molecule has 2 heterocycles. The first-order chi connectivity index (χ1) is 10.1. The van der Waals surface area contributed by atoms with Gasteiger partial charge in [-0.15, -0.1) is 21.5 Å². The van der Waals surface area contributed by atoms with E-state index in [4.69, 9.17) is 5.11 Å². The second-order valence-corrected chi connectivity index (χ2v) is 5.32. The average Bonchev–Trinajstić information content (AvgIpc) is 3.09. The Balaban J connectivity index is 1.87. The number of carboxylic acids is 1. The summed E-state index contributed by atoms with van der Waals surface area (Å²) in [5.41, 5.74) is 0. The molecule has 2 aromatic heterocycles. The van der Waals surface area contributed by atoms with Gasteiger partial charge in [-0.2, -0.15) is 4.80 Å². The molecule has 1 unspecified atom stereocenters. The van der Waals surface area contributed by atoms with Crippen molar-refractivity contribution >= 4 is 23.2 Å². The van der Waals surface area contributed by atoms with Gasteiger partial charge in [-0.25, -0.2) is 0 Å². The van der Waals surface area contributed by atoms with Gasteiger partial charge in [-0.3, -0.25) is 9.59 Å². The van der Waals surface area contributed by atoms with E-state index in [1.54, 1.807) is 6.92 Å². The molecule has 0 aliphatic rings. The molecule has 9 heteroatoms. The first-order valence-corrected chi connectivity index (χ1v) is 7.29. The fourth-order valence-electron chi connectivity index (χ4n) is 1.64. The fourth-order valence-corrected chi connectivity index (χ4v) is 2.29. The lowest BCUT2D eigenvalue weighted by atomic mass is 10.1. The number of tetrazole rings is 1. The number of carbonyl (C=O) groups is 2. The number of carboxylic acid groups (broad SMARTS) is 1. The van der Waals surface area contributed by atoms with Crippen LogP contribution in [-0.4, -0.2) is 43.7 Å². The maximum absolute atomic E-state index is 11.7. The zero-order valence-corrected chi connectivity index (χ0v) is 12.2. The Morgan fingerprint density at radius 2 is 2.33 bits per heavy atom. The van der Waals surface area contributed by atoms with Crippen molar-refractivity contribution < 1.29 is 14.7 Å². The van der Waals surface area contributed by atoms with Crippen LogP contribution >= 0.6 is 11.3 Å². The Labute approximate surface area is 124 Å². The number of amides is 1. The Kier molecular flexibility index (Phi) is 4.99. The zero-order chi connectivity index (χ0) is 15.2. The van der Waals surface area contributed by atoms with E-state index >= 15 is 0 Å². The highest BCUT2D eigenvalue weighted by molar-refractivity contribution is 7.13. The maximum atomic E-state index is 11.7. The van der Waals surface area contributed by atoms with Crippen LogP contribution in [0.2, 0.25) is 0 Å². The number of hydrogen-bond donors (Lipinski definition) is 2. The number of aromatic nitrogens is 4. The van der Waals surface area contributed by atoms with E-state index in [0.29, 0.717) is 12.2 Å².